The maximum absolute atomic E-state index is 9.78. The van der Waals surface area contributed by atoms with Gasteiger partial charge in [0.15, 0.2) is 0 Å². The molecule has 1 aromatic rings. The third kappa shape index (κ3) is 5.28. The van der Waals surface area contributed by atoms with Gasteiger partial charge in [-0.05, 0) is 13.3 Å². The van der Waals surface area contributed by atoms with E-state index in [0.29, 0.717) is 0 Å². The second kappa shape index (κ2) is 6.96. The Labute approximate surface area is 96.4 Å². The molecular weight excluding hydrogens is 206 g/mol. The average Bonchev–Trinajstić information content (AvgIpc) is 2.59. The molecule has 0 amide bonds. The van der Waals surface area contributed by atoms with Crippen LogP contribution in [0.1, 0.15) is 49.7 Å². The largest absolute Gasteiger partial charge is 0.393 e. The topological polar surface area (TPSA) is 33.1 Å². The molecule has 86 valence electrons. The van der Waals surface area contributed by atoms with E-state index in [2.05, 4.69) is 11.9 Å². The van der Waals surface area contributed by atoms with Crippen molar-refractivity contribution in [2.45, 2.75) is 58.5 Å². The number of unbranched alkanes of at least 4 members (excludes halogenated alkanes) is 3. The lowest BCUT2D eigenvalue weighted by Crippen LogP contribution is -2.10. The monoisotopic (exact) mass is 227 g/mol. The van der Waals surface area contributed by atoms with Crippen molar-refractivity contribution in [1.29, 1.82) is 0 Å². The normalized spacial score (nSPS) is 13.0. The lowest BCUT2D eigenvalue weighted by Gasteiger charge is -2.07. The van der Waals surface area contributed by atoms with Gasteiger partial charge in [0, 0.05) is 17.5 Å². The molecule has 0 saturated heterocycles. The zero-order valence-corrected chi connectivity index (χ0v) is 10.5. The maximum Gasteiger partial charge on any atom is 0.0953 e. The van der Waals surface area contributed by atoms with Crippen LogP contribution in [0.4, 0.5) is 0 Å². The van der Waals surface area contributed by atoms with Gasteiger partial charge in [-0.25, -0.2) is 4.98 Å². The van der Waals surface area contributed by atoms with Gasteiger partial charge in [0.05, 0.1) is 11.1 Å². The van der Waals surface area contributed by atoms with Crippen molar-refractivity contribution in [3.05, 3.63) is 16.1 Å². The van der Waals surface area contributed by atoms with E-state index in [0.717, 1.165) is 30.0 Å². The van der Waals surface area contributed by atoms with Crippen LogP contribution in [-0.4, -0.2) is 16.2 Å². The van der Waals surface area contributed by atoms with E-state index in [9.17, 15) is 5.11 Å². The molecule has 0 aliphatic carbocycles. The van der Waals surface area contributed by atoms with E-state index in [4.69, 9.17) is 0 Å². The predicted molar refractivity (Wildman–Crippen MR) is 65.3 cm³/mol. The Kier molecular flexibility index (Phi) is 5.88. The van der Waals surface area contributed by atoms with E-state index in [1.807, 2.05) is 12.3 Å². The number of aryl methyl sites for hydroxylation is 1. The van der Waals surface area contributed by atoms with Gasteiger partial charge in [-0.2, -0.15) is 0 Å². The van der Waals surface area contributed by atoms with E-state index in [1.54, 1.807) is 11.3 Å². The highest BCUT2D eigenvalue weighted by Gasteiger charge is 2.07. The van der Waals surface area contributed by atoms with Crippen LogP contribution >= 0.6 is 11.3 Å². The van der Waals surface area contributed by atoms with E-state index in [-0.39, 0.29) is 6.10 Å². The zero-order chi connectivity index (χ0) is 11.1. The third-order valence-electron chi connectivity index (χ3n) is 2.47. The molecular formula is C12H21NOS. The summed E-state index contributed by atoms with van der Waals surface area (Å²) >= 11 is 1.65. The highest BCUT2D eigenvalue weighted by atomic mass is 32.1. The molecule has 0 aliphatic rings. The zero-order valence-electron chi connectivity index (χ0n) is 9.70. The maximum atomic E-state index is 9.78. The summed E-state index contributed by atoms with van der Waals surface area (Å²) in [4.78, 5) is 4.35. The first-order valence-electron chi connectivity index (χ1n) is 5.81. The summed E-state index contributed by atoms with van der Waals surface area (Å²) in [7, 11) is 0. The molecule has 0 radical (unpaired) electrons. The molecule has 0 spiro atoms. The Hall–Kier alpha value is -0.410. The molecule has 1 aromatic heterocycles. The Morgan fingerprint density at radius 2 is 2.20 bits per heavy atom. The highest BCUT2D eigenvalue weighted by molar-refractivity contribution is 7.09. The summed E-state index contributed by atoms with van der Waals surface area (Å²) in [6.07, 6.45) is 6.35. The first-order valence-corrected chi connectivity index (χ1v) is 6.69. The molecule has 0 aromatic carbocycles. The summed E-state index contributed by atoms with van der Waals surface area (Å²) in [6, 6.07) is 0. The first-order chi connectivity index (χ1) is 7.22. The quantitative estimate of drug-likeness (QED) is 0.725. The first kappa shape index (κ1) is 12.7. The van der Waals surface area contributed by atoms with Crippen molar-refractivity contribution in [2.75, 3.05) is 0 Å². The minimum atomic E-state index is -0.201. The Morgan fingerprint density at radius 1 is 1.40 bits per heavy atom. The second-order valence-electron chi connectivity index (χ2n) is 4.09. The smallest absolute Gasteiger partial charge is 0.0953 e. The van der Waals surface area contributed by atoms with Gasteiger partial charge >= 0.3 is 0 Å². The summed E-state index contributed by atoms with van der Waals surface area (Å²) < 4.78 is 0. The van der Waals surface area contributed by atoms with Crippen LogP contribution in [0.25, 0.3) is 0 Å². The molecule has 1 atom stereocenters. The summed E-state index contributed by atoms with van der Waals surface area (Å²) in [5.74, 6) is 0. The van der Waals surface area contributed by atoms with Gasteiger partial charge < -0.3 is 5.11 Å². The molecule has 15 heavy (non-hydrogen) atoms. The average molecular weight is 227 g/mol. The predicted octanol–water partition coefficient (Wildman–Crippen LogP) is 3.33. The van der Waals surface area contributed by atoms with Crippen molar-refractivity contribution < 1.29 is 5.11 Å². The Morgan fingerprint density at radius 3 is 2.80 bits per heavy atom. The standard InChI is InChI=1S/C12H21NOS/c1-3-4-5-6-7-11(14)8-12-13-10(2)9-15-12/h9,11,14H,3-8H2,1-2H3. The Balaban J connectivity index is 2.15. The summed E-state index contributed by atoms with van der Waals surface area (Å²) in [5.41, 5.74) is 1.06. The Bertz CT molecular complexity index is 272. The number of hydrogen-bond donors (Lipinski definition) is 1. The molecule has 3 heteroatoms. The van der Waals surface area contributed by atoms with E-state index >= 15 is 0 Å². The minimum absolute atomic E-state index is 0.201. The molecule has 0 fully saturated rings. The number of aliphatic hydroxyl groups excluding tert-OH is 1. The molecule has 2 nitrogen and oxygen atoms in total. The number of aromatic nitrogens is 1. The lowest BCUT2D eigenvalue weighted by atomic mass is 10.1. The SMILES string of the molecule is CCCCCCC(O)Cc1nc(C)cs1. The minimum Gasteiger partial charge on any atom is -0.393 e. The van der Waals surface area contributed by atoms with Crippen LogP contribution in [0.15, 0.2) is 5.38 Å². The molecule has 1 N–H and O–H groups in total. The van der Waals surface area contributed by atoms with Crippen LogP contribution < -0.4 is 0 Å². The fraction of sp³-hybridized carbons (Fsp3) is 0.750. The number of thiazole rings is 1. The number of aliphatic hydroxyl groups is 1. The molecule has 0 saturated carbocycles. The summed E-state index contributed by atoms with van der Waals surface area (Å²) in [5, 5.41) is 12.9. The van der Waals surface area contributed by atoms with Crippen LogP contribution in [0.5, 0.6) is 0 Å². The van der Waals surface area contributed by atoms with Crippen molar-refractivity contribution in [3.63, 3.8) is 0 Å². The van der Waals surface area contributed by atoms with Crippen LogP contribution in [-0.2, 0) is 6.42 Å². The van der Waals surface area contributed by atoms with Crippen molar-refractivity contribution in [1.82, 2.24) is 4.98 Å². The number of nitrogens with zero attached hydrogens (tertiary/aromatic N) is 1. The van der Waals surface area contributed by atoms with Crippen molar-refractivity contribution in [3.8, 4) is 0 Å². The van der Waals surface area contributed by atoms with Gasteiger partial charge in [0.2, 0.25) is 0 Å². The van der Waals surface area contributed by atoms with Crippen LogP contribution in [0.2, 0.25) is 0 Å². The molecule has 1 heterocycles. The van der Waals surface area contributed by atoms with Crippen molar-refractivity contribution >= 4 is 11.3 Å². The third-order valence-corrected chi connectivity index (χ3v) is 3.46. The summed E-state index contributed by atoms with van der Waals surface area (Å²) in [6.45, 7) is 4.20. The molecule has 0 bridgehead atoms. The molecule has 0 aliphatic heterocycles. The molecule has 1 rings (SSSR count). The van der Waals surface area contributed by atoms with Gasteiger partial charge in [-0.1, -0.05) is 32.6 Å². The van der Waals surface area contributed by atoms with Crippen LogP contribution in [0.3, 0.4) is 0 Å². The van der Waals surface area contributed by atoms with Crippen molar-refractivity contribution in [2.24, 2.45) is 0 Å². The highest BCUT2D eigenvalue weighted by Crippen LogP contribution is 2.14. The van der Waals surface area contributed by atoms with E-state index in [1.165, 1.54) is 19.3 Å². The number of hydrogen-bond acceptors (Lipinski definition) is 3. The van der Waals surface area contributed by atoms with Gasteiger partial charge in [0.25, 0.3) is 0 Å². The second-order valence-corrected chi connectivity index (χ2v) is 5.03. The fourth-order valence-corrected chi connectivity index (χ4v) is 2.45. The molecule has 1 unspecified atom stereocenters. The lowest BCUT2D eigenvalue weighted by molar-refractivity contribution is 0.161. The van der Waals surface area contributed by atoms with Gasteiger partial charge in [-0.15, -0.1) is 11.3 Å². The number of rotatable bonds is 7. The van der Waals surface area contributed by atoms with E-state index < -0.39 is 0 Å². The van der Waals surface area contributed by atoms with Gasteiger partial charge in [0.1, 0.15) is 0 Å². The van der Waals surface area contributed by atoms with Crippen LogP contribution in [0, 0.1) is 6.92 Å². The fourth-order valence-electron chi connectivity index (χ4n) is 1.61. The van der Waals surface area contributed by atoms with Gasteiger partial charge in [-0.3, -0.25) is 0 Å².